The van der Waals surface area contributed by atoms with E-state index < -0.39 is 0 Å². The number of aromatic nitrogens is 2. The van der Waals surface area contributed by atoms with Gasteiger partial charge in [-0.05, 0) is 13.8 Å². The molecule has 0 aromatic carbocycles. The van der Waals surface area contributed by atoms with Crippen LogP contribution in [0.1, 0.15) is 35.9 Å². The van der Waals surface area contributed by atoms with Gasteiger partial charge in [0, 0.05) is 43.0 Å². The van der Waals surface area contributed by atoms with Crippen molar-refractivity contribution < 1.29 is 4.42 Å². The Kier molecular flexibility index (Phi) is 2.98. The summed E-state index contributed by atoms with van der Waals surface area (Å²) in [6.07, 6.45) is 4.31. The molecule has 1 unspecified atom stereocenters. The lowest BCUT2D eigenvalue weighted by Crippen LogP contribution is -2.36. The molecular weight excluding hydrogens is 242 g/mol. The summed E-state index contributed by atoms with van der Waals surface area (Å²) in [6.45, 7) is 5.50. The van der Waals surface area contributed by atoms with Crippen LogP contribution < -0.4 is 5.43 Å². The molecule has 0 aliphatic carbocycles. The van der Waals surface area contributed by atoms with Gasteiger partial charge in [0.25, 0.3) is 0 Å². The van der Waals surface area contributed by atoms with Crippen LogP contribution in [0.25, 0.3) is 0 Å². The molecule has 1 aliphatic rings. The monoisotopic (exact) mass is 259 g/mol. The summed E-state index contributed by atoms with van der Waals surface area (Å²) in [4.78, 5) is 21.6. The molecule has 5 heteroatoms. The van der Waals surface area contributed by atoms with E-state index in [9.17, 15) is 4.79 Å². The zero-order chi connectivity index (χ0) is 13.4. The molecule has 0 fully saturated rings. The van der Waals surface area contributed by atoms with Crippen molar-refractivity contribution in [3.05, 3.63) is 51.6 Å². The smallest absolute Gasteiger partial charge is 0.211 e. The van der Waals surface area contributed by atoms with Crippen LogP contribution in [0.15, 0.2) is 27.7 Å². The molecule has 19 heavy (non-hydrogen) atoms. The van der Waals surface area contributed by atoms with Gasteiger partial charge in [0.05, 0.1) is 12.2 Å². The number of nitrogens with zero attached hydrogens (tertiary/aromatic N) is 2. The number of rotatable bonds is 2. The van der Waals surface area contributed by atoms with Gasteiger partial charge in [-0.25, -0.2) is 4.98 Å². The number of H-pyrrole nitrogens is 1. The fraction of sp³-hybridized carbons (Fsp3) is 0.429. The average molecular weight is 259 g/mol. The van der Waals surface area contributed by atoms with Crippen molar-refractivity contribution >= 4 is 0 Å². The largest absolute Gasteiger partial charge is 0.444 e. The van der Waals surface area contributed by atoms with E-state index in [0.717, 1.165) is 30.0 Å². The van der Waals surface area contributed by atoms with Crippen LogP contribution >= 0.6 is 0 Å². The Balaban J connectivity index is 1.86. The summed E-state index contributed by atoms with van der Waals surface area (Å²) in [7, 11) is 0. The van der Waals surface area contributed by atoms with Crippen LogP contribution in [0.2, 0.25) is 0 Å². The molecule has 0 spiro atoms. The summed E-state index contributed by atoms with van der Waals surface area (Å²) in [5.74, 6) is 1.53. The van der Waals surface area contributed by atoms with Gasteiger partial charge in [-0.15, -0.1) is 0 Å². The second-order valence-corrected chi connectivity index (χ2v) is 5.00. The summed E-state index contributed by atoms with van der Waals surface area (Å²) in [5.41, 5.74) is 2.03. The van der Waals surface area contributed by atoms with Crippen LogP contribution in [-0.4, -0.2) is 21.4 Å². The number of hydrogen-bond donors (Lipinski definition) is 1. The van der Waals surface area contributed by atoms with Crippen LogP contribution in [0.4, 0.5) is 0 Å². The van der Waals surface area contributed by atoms with E-state index in [1.54, 1.807) is 18.5 Å². The number of oxazole rings is 1. The van der Waals surface area contributed by atoms with Gasteiger partial charge in [-0.3, -0.25) is 9.69 Å². The predicted octanol–water partition coefficient (Wildman–Crippen LogP) is 1.79. The first-order valence-corrected chi connectivity index (χ1v) is 6.51. The van der Waals surface area contributed by atoms with Crippen molar-refractivity contribution in [1.29, 1.82) is 0 Å². The molecule has 0 bridgehead atoms. The minimum absolute atomic E-state index is 0.0847. The van der Waals surface area contributed by atoms with E-state index in [-0.39, 0.29) is 11.5 Å². The Morgan fingerprint density at radius 3 is 3.11 bits per heavy atom. The predicted molar refractivity (Wildman–Crippen MR) is 70.8 cm³/mol. The molecule has 0 radical (unpaired) electrons. The highest BCUT2D eigenvalue weighted by molar-refractivity contribution is 5.22. The first-order valence-electron chi connectivity index (χ1n) is 6.51. The second kappa shape index (κ2) is 4.66. The number of aryl methyl sites for hydroxylation is 1. The molecule has 1 aliphatic heterocycles. The third-order valence-corrected chi connectivity index (χ3v) is 3.71. The third-order valence-electron chi connectivity index (χ3n) is 3.71. The lowest BCUT2D eigenvalue weighted by Gasteiger charge is -2.31. The molecule has 0 saturated heterocycles. The lowest BCUT2D eigenvalue weighted by molar-refractivity contribution is 0.163. The number of aromatic amines is 1. The van der Waals surface area contributed by atoms with E-state index in [2.05, 4.69) is 21.8 Å². The molecule has 1 N–H and O–H groups in total. The van der Waals surface area contributed by atoms with Crippen LogP contribution in [-0.2, 0) is 13.0 Å². The molecule has 5 nitrogen and oxygen atoms in total. The normalized spacial score (nSPS) is 17.2. The summed E-state index contributed by atoms with van der Waals surface area (Å²) >= 11 is 0. The molecule has 0 amide bonds. The highest BCUT2D eigenvalue weighted by Crippen LogP contribution is 2.25. The molecule has 1 atom stereocenters. The van der Waals surface area contributed by atoms with Crippen LogP contribution in [0.3, 0.4) is 0 Å². The minimum Gasteiger partial charge on any atom is -0.444 e. The van der Waals surface area contributed by atoms with Crippen molar-refractivity contribution in [3.8, 4) is 0 Å². The second-order valence-electron chi connectivity index (χ2n) is 5.00. The van der Waals surface area contributed by atoms with Crippen molar-refractivity contribution in [2.45, 2.75) is 32.9 Å². The standard InChI is InChI=1S/C14H17N3O2/c1-9-7-16-14(19-9)10(2)17-6-4-12-11(8-17)13(18)3-5-15-12/h3,5,7,10H,4,6,8H2,1-2H3,(H,15,18). The zero-order valence-corrected chi connectivity index (χ0v) is 11.1. The van der Waals surface area contributed by atoms with Crippen LogP contribution in [0, 0.1) is 6.92 Å². The van der Waals surface area contributed by atoms with E-state index in [4.69, 9.17) is 4.42 Å². The molecule has 3 heterocycles. The Hall–Kier alpha value is -1.88. The third kappa shape index (κ3) is 2.21. The summed E-state index contributed by atoms with van der Waals surface area (Å²) in [6, 6.07) is 1.67. The highest BCUT2D eigenvalue weighted by atomic mass is 16.4. The number of nitrogens with one attached hydrogen (secondary N) is 1. The lowest BCUT2D eigenvalue weighted by atomic mass is 10.0. The summed E-state index contributed by atoms with van der Waals surface area (Å²) in [5, 5.41) is 0. The van der Waals surface area contributed by atoms with Crippen molar-refractivity contribution in [3.63, 3.8) is 0 Å². The maximum Gasteiger partial charge on any atom is 0.211 e. The van der Waals surface area contributed by atoms with Gasteiger partial charge < -0.3 is 9.40 Å². The van der Waals surface area contributed by atoms with E-state index >= 15 is 0 Å². The van der Waals surface area contributed by atoms with E-state index in [1.807, 2.05) is 6.92 Å². The van der Waals surface area contributed by atoms with Gasteiger partial charge in [0.15, 0.2) is 5.43 Å². The van der Waals surface area contributed by atoms with E-state index in [0.29, 0.717) is 12.4 Å². The first kappa shape index (κ1) is 12.2. The molecule has 2 aromatic rings. The van der Waals surface area contributed by atoms with Crippen molar-refractivity contribution in [2.75, 3.05) is 6.54 Å². The Morgan fingerprint density at radius 1 is 1.53 bits per heavy atom. The highest BCUT2D eigenvalue weighted by Gasteiger charge is 2.25. The SMILES string of the molecule is Cc1cnc(C(C)N2CCc3[nH]ccc(=O)c3C2)o1. The number of pyridine rings is 1. The first-order chi connectivity index (χ1) is 9.15. The topological polar surface area (TPSA) is 62.1 Å². The number of hydrogen-bond acceptors (Lipinski definition) is 4. The Bertz CT molecular complexity index is 644. The average Bonchev–Trinajstić information content (AvgIpc) is 2.85. The van der Waals surface area contributed by atoms with Gasteiger partial charge in [-0.2, -0.15) is 0 Å². The van der Waals surface area contributed by atoms with E-state index in [1.165, 1.54) is 0 Å². The quantitative estimate of drug-likeness (QED) is 0.893. The Labute approximate surface area is 111 Å². The summed E-state index contributed by atoms with van der Waals surface area (Å²) < 4.78 is 5.58. The molecule has 2 aromatic heterocycles. The maximum absolute atomic E-state index is 11.9. The zero-order valence-electron chi connectivity index (χ0n) is 11.1. The Morgan fingerprint density at radius 2 is 2.37 bits per heavy atom. The van der Waals surface area contributed by atoms with Crippen molar-refractivity contribution in [2.24, 2.45) is 0 Å². The maximum atomic E-state index is 11.9. The van der Waals surface area contributed by atoms with Gasteiger partial charge >= 0.3 is 0 Å². The van der Waals surface area contributed by atoms with Gasteiger partial charge in [0.1, 0.15) is 5.76 Å². The number of fused-ring (bicyclic) bond motifs is 1. The van der Waals surface area contributed by atoms with Crippen LogP contribution in [0.5, 0.6) is 0 Å². The molecule has 3 rings (SSSR count). The molecule has 0 saturated carbocycles. The minimum atomic E-state index is 0.0847. The molecular formula is C14H17N3O2. The molecule has 100 valence electrons. The van der Waals surface area contributed by atoms with Gasteiger partial charge in [0.2, 0.25) is 5.89 Å². The van der Waals surface area contributed by atoms with Gasteiger partial charge in [-0.1, -0.05) is 0 Å². The van der Waals surface area contributed by atoms with Crippen molar-refractivity contribution in [1.82, 2.24) is 14.9 Å². The fourth-order valence-electron chi connectivity index (χ4n) is 2.54. The fourth-order valence-corrected chi connectivity index (χ4v) is 2.54.